The molecule has 0 bridgehead atoms. The zero-order valence-electron chi connectivity index (χ0n) is 13.2. The van der Waals surface area contributed by atoms with Crippen LogP contribution >= 0.6 is 0 Å². The number of hydrogen-bond acceptors (Lipinski definition) is 5. The molecule has 1 aliphatic rings. The second-order valence-corrected chi connectivity index (χ2v) is 5.57. The molecule has 0 radical (unpaired) electrons. The van der Waals surface area contributed by atoms with E-state index in [1.165, 1.54) is 0 Å². The highest BCUT2D eigenvalue weighted by molar-refractivity contribution is 5.03. The highest BCUT2D eigenvalue weighted by Crippen LogP contribution is 2.30. The molecule has 1 fully saturated rings. The summed E-state index contributed by atoms with van der Waals surface area (Å²) in [6.45, 7) is 7.31. The molecule has 0 amide bonds. The number of hydrogen-bond donors (Lipinski definition) is 2. The number of hydrazine groups is 1. The number of nitrogens with two attached hydrogens (primary N) is 1. The Morgan fingerprint density at radius 1 is 1.48 bits per heavy atom. The maximum Gasteiger partial charge on any atom is 0.110 e. The van der Waals surface area contributed by atoms with Crippen molar-refractivity contribution in [2.75, 3.05) is 19.8 Å². The summed E-state index contributed by atoms with van der Waals surface area (Å²) in [5, 5.41) is 0. The highest BCUT2D eigenvalue weighted by atomic mass is 16.5. The molecule has 1 atom stereocenters. The monoisotopic (exact) mass is 296 g/mol. The lowest BCUT2D eigenvalue weighted by Gasteiger charge is -2.42. The van der Waals surface area contributed by atoms with Crippen LogP contribution in [0.25, 0.3) is 0 Å². The minimum atomic E-state index is -0.259. The zero-order chi connectivity index (χ0) is 15.1. The van der Waals surface area contributed by atoms with Crippen LogP contribution in [-0.2, 0) is 22.4 Å². The molecule has 120 valence electrons. The fraction of sp³-hybridized carbons (Fsp3) is 0.800. The van der Waals surface area contributed by atoms with Gasteiger partial charge < -0.3 is 14.0 Å². The number of aromatic nitrogens is 2. The van der Waals surface area contributed by atoms with Gasteiger partial charge in [-0.2, -0.15) is 0 Å². The highest BCUT2D eigenvalue weighted by Gasteiger charge is 2.41. The molecule has 1 unspecified atom stereocenters. The lowest BCUT2D eigenvalue weighted by Crippen LogP contribution is -2.58. The first-order valence-corrected chi connectivity index (χ1v) is 7.93. The Labute approximate surface area is 127 Å². The summed E-state index contributed by atoms with van der Waals surface area (Å²) < 4.78 is 13.8. The average molecular weight is 296 g/mol. The van der Waals surface area contributed by atoms with Crippen LogP contribution < -0.4 is 11.3 Å². The third-order valence-electron chi connectivity index (χ3n) is 4.26. The van der Waals surface area contributed by atoms with Gasteiger partial charge in [0.15, 0.2) is 0 Å². The summed E-state index contributed by atoms with van der Waals surface area (Å²) in [6.07, 6.45) is 7.48. The summed E-state index contributed by atoms with van der Waals surface area (Å²) in [4.78, 5) is 4.49. The van der Waals surface area contributed by atoms with Crippen molar-refractivity contribution < 1.29 is 9.47 Å². The van der Waals surface area contributed by atoms with Gasteiger partial charge in [-0.1, -0.05) is 6.92 Å². The summed E-state index contributed by atoms with van der Waals surface area (Å²) in [5.74, 6) is 6.91. The SMILES string of the molecule is CCCn1ccnc1CC(NN)C1(OCC)CCOCC1. The van der Waals surface area contributed by atoms with Crippen LogP contribution in [0.3, 0.4) is 0 Å². The maximum atomic E-state index is 6.11. The smallest absolute Gasteiger partial charge is 0.110 e. The van der Waals surface area contributed by atoms with Crippen LogP contribution in [0.2, 0.25) is 0 Å². The van der Waals surface area contributed by atoms with Gasteiger partial charge in [-0.3, -0.25) is 11.3 Å². The molecule has 1 aromatic rings. The number of nitrogens with zero attached hydrogens (tertiary/aromatic N) is 2. The maximum absolute atomic E-state index is 6.11. The first-order chi connectivity index (χ1) is 10.3. The molecule has 1 aromatic heterocycles. The van der Waals surface area contributed by atoms with Crippen LogP contribution in [0.5, 0.6) is 0 Å². The topological polar surface area (TPSA) is 74.3 Å². The predicted molar refractivity (Wildman–Crippen MR) is 81.7 cm³/mol. The second kappa shape index (κ2) is 7.89. The van der Waals surface area contributed by atoms with E-state index in [1.807, 2.05) is 19.3 Å². The number of nitrogens with one attached hydrogen (secondary N) is 1. The molecule has 1 aliphatic heterocycles. The van der Waals surface area contributed by atoms with E-state index in [-0.39, 0.29) is 11.6 Å². The van der Waals surface area contributed by atoms with E-state index < -0.39 is 0 Å². The van der Waals surface area contributed by atoms with Crippen molar-refractivity contribution in [1.29, 1.82) is 0 Å². The molecular formula is C15H28N4O2. The molecule has 6 nitrogen and oxygen atoms in total. The van der Waals surface area contributed by atoms with Gasteiger partial charge in [0.1, 0.15) is 5.82 Å². The van der Waals surface area contributed by atoms with Gasteiger partial charge in [0.25, 0.3) is 0 Å². The van der Waals surface area contributed by atoms with Gasteiger partial charge in [0.05, 0.1) is 11.6 Å². The van der Waals surface area contributed by atoms with E-state index in [9.17, 15) is 0 Å². The Hall–Kier alpha value is -0.950. The van der Waals surface area contributed by atoms with Crippen LogP contribution in [0, 0.1) is 0 Å². The lowest BCUT2D eigenvalue weighted by atomic mass is 9.84. The lowest BCUT2D eigenvalue weighted by molar-refractivity contribution is -0.127. The zero-order valence-corrected chi connectivity index (χ0v) is 13.2. The van der Waals surface area contributed by atoms with Crippen LogP contribution in [0.4, 0.5) is 0 Å². The minimum Gasteiger partial charge on any atom is -0.381 e. The fourth-order valence-electron chi connectivity index (χ4n) is 3.15. The van der Waals surface area contributed by atoms with E-state index >= 15 is 0 Å². The number of imidazole rings is 1. The molecule has 2 rings (SSSR count). The van der Waals surface area contributed by atoms with Crippen LogP contribution in [0.15, 0.2) is 12.4 Å². The van der Waals surface area contributed by atoms with Crippen molar-refractivity contribution in [3.8, 4) is 0 Å². The summed E-state index contributed by atoms with van der Waals surface area (Å²) in [7, 11) is 0. The molecular weight excluding hydrogens is 268 g/mol. The predicted octanol–water partition coefficient (Wildman–Crippen LogP) is 1.25. The Balaban J connectivity index is 2.14. The van der Waals surface area contributed by atoms with Crippen molar-refractivity contribution in [2.24, 2.45) is 5.84 Å². The molecule has 0 aliphatic carbocycles. The number of aryl methyl sites for hydroxylation is 1. The molecule has 21 heavy (non-hydrogen) atoms. The van der Waals surface area contributed by atoms with Crippen molar-refractivity contribution in [3.63, 3.8) is 0 Å². The van der Waals surface area contributed by atoms with Gasteiger partial charge in [0, 0.05) is 58.0 Å². The Kier molecular flexibility index (Phi) is 6.17. The molecule has 0 spiro atoms. The Bertz CT molecular complexity index is 410. The Morgan fingerprint density at radius 2 is 2.24 bits per heavy atom. The van der Waals surface area contributed by atoms with Crippen molar-refractivity contribution in [2.45, 2.75) is 57.7 Å². The standard InChI is InChI=1S/C15H28N4O2/c1-3-8-19-9-7-17-14(19)12-13(18-16)15(21-4-2)5-10-20-11-6-15/h7,9,13,18H,3-6,8,10-12,16H2,1-2H3. The molecule has 3 N–H and O–H groups in total. The minimum absolute atomic E-state index is 0.0411. The van der Waals surface area contributed by atoms with Gasteiger partial charge in [-0.15, -0.1) is 0 Å². The molecule has 0 saturated carbocycles. The van der Waals surface area contributed by atoms with Crippen molar-refractivity contribution in [3.05, 3.63) is 18.2 Å². The van der Waals surface area contributed by atoms with Crippen LogP contribution in [-0.4, -0.2) is 41.0 Å². The number of ether oxygens (including phenoxy) is 2. The van der Waals surface area contributed by atoms with Crippen molar-refractivity contribution >= 4 is 0 Å². The van der Waals surface area contributed by atoms with Crippen LogP contribution in [0.1, 0.15) is 38.9 Å². The molecule has 6 heteroatoms. The average Bonchev–Trinajstić information content (AvgIpc) is 2.93. The molecule has 2 heterocycles. The van der Waals surface area contributed by atoms with E-state index in [0.717, 1.165) is 51.3 Å². The first-order valence-electron chi connectivity index (χ1n) is 7.93. The van der Waals surface area contributed by atoms with Gasteiger partial charge in [-0.25, -0.2) is 4.98 Å². The molecule has 1 saturated heterocycles. The van der Waals surface area contributed by atoms with E-state index in [0.29, 0.717) is 6.61 Å². The van der Waals surface area contributed by atoms with Gasteiger partial charge in [-0.05, 0) is 13.3 Å². The summed E-state index contributed by atoms with van der Waals surface area (Å²) in [5.41, 5.74) is 2.71. The second-order valence-electron chi connectivity index (χ2n) is 5.57. The first kappa shape index (κ1) is 16.4. The van der Waals surface area contributed by atoms with Gasteiger partial charge >= 0.3 is 0 Å². The number of rotatable bonds is 8. The third kappa shape index (κ3) is 3.83. The van der Waals surface area contributed by atoms with Crippen molar-refractivity contribution in [1.82, 2.24) is 15.0 Å². The van der Waals surface area contributed by atoms with E-state index in [1.54, 1.807) is 0 Å². The quantitative estimate of drug-likeness (QED) is 0.558. The molecule has 0 aromatic carbocycles. The summed E-state index contributed by atoms with van der Waals surface area (Å²) >= 11 is 0. The largest absolute Gasteiger partial charge is 0.381 e. The Morgan fingerprint density at radius 3 is 2.86 bits per heavy atom. The fourth-order valence-corrected chi connectivity index (χ4v) is 3.15. The van der Waals surface area contributed by atoms with E-state index in [4.69, 9.17) is 15.3 Å². The van der Waals surface area contributed by atoms with E-state index in [2.05, 4.69) is 21.9 Å². The van der Waals surface area contributed by atoms with Gasteiger partial charge in [0.2, 0.25) is 0 Å². The normalized spacial score (nSPS) is 19.6. The summed E-state index contributed by atoms with van der Waals surface area (Å²) in [6, 6.07) is 0.0411. The third-order valence-corrected chi connectivity index (χ3v) is 4.26.